The van der Waals surface area contributed by atoms with E-state index in [1.165, 1.54) is 6.07 Å². The van der Waals surface area contributed by atoms with Crippen molar-refractivity contribution in [3.05, 3.63) is 67.9 Å². The Morgan fingerprint density at radius 2 is 1.95 bits per heavy atom. The molecule has 1 atom stereocenters. The highest BCUT2D eigenvalue weighted by molar-refractivity contribution is 9.10. The van der Waals surface area contributed by atoms with Gasteiger partial charge in [0, 0.05) is 21.5 Å². The fraction of sp³-hybridized carbons (Fsp3) is 0.143. The first-order valence-corrected chi connectivity index (χ1v) is 7.10. The fourth-order valence-electron chi connectivity index (χ4n) is 1.78. The Balaban J connectivity index is 2.25. The van der Waals surface area contributed by atoms with E-state index in [2.05, 4.69) is 15.9 Å². The van der Waals surface area contributed by atoms with Crippen LogP contribution in [-0.4, -0.2) is 5.11 Å². The van der Waals surface area contributed by atoms with Crippen LogP contribution in [0.1, 0.15) is 17.2 Å². The van der Waals surface area contributed by atoms with Gasteiger partial charge in [-0.25, -0.2) is 4.39 Å². The maximum atomic E-state index is 13.7. The van der Waals surface area contributed by atoms with Crippen LogP contribution < -0.4 is 0 Å². The molecule has 0 radical (unpaired) electrons. The van der Waals surface area contributed by atoms with Gasteiger partial charge in [0.2, 0.25) is 0 Å². The summed E-state index contributed by atoms with van der Waals surface area (Å²) in [5.41, 5.74) is 0.957. The summed E-state index contributed by atoms with van der Waals surface area (Å²) in [7, 11) is 0. The Bertz CT molecular complexity index is 604. The lowest BCUT2D eigenvalue weighted by Gasteiger charge is -2.14. The molecule has 1 nitrogen and oxygen atoms in total. The zero-order chi connectivity index (χ0) is 14.0. The fourth-order valence-corrected chi connectivity index (χ4v) is 2.58. The molecule has 0 aromatic heterocycles. The van der Waals surface area contributed by atoms with E-state index in [0.29, 0.717) is 25.6 Å². The van der Waals surface area contributed by atoms with E-state index in [0.717, 1.165) is 0 Å². The average molecular weight is 364 g/mol. The van der Waals surface area contributed by atoms with Crippen LogP contribution in [0.4, 0.5) is 4.39 Å². The molecule has 0 saturated carbocycles. The van der Waals surface area contributed by atoms with Crippen LogP contribution in [0.5, 0.6) is 0 Å². The number of rotatable bonds is 3. The first-order valence-electron chi connectivity index (χ1n) is 5.55. The second-order valence-electron chi connectivity index (χ2n) is 4.10. The molecular formula is C14H10BrCl2FO. The summed E-state index contributed by atoms with van der Waals surface area (Å²) in [6.07, 6.45) is -0.736. The summed E-state index contributed by atoms with van der Waals surface area (Å²) in [6.45, 7) is 0. The molecule has 5 heteroatoms. The first kappa shape index (κ1) is 14.8. The van der Waals surface area contributed by atoms with Crippen molar-refractivity contribution in [1.82, 2.24) is 0 Å². The highest BCUT2D eigenvalue weighted by atomic mass is 79.9. The third kappa shape index (κ3) is 3.48. The van der Waals surface area contributed by atoms with Crippen LogP contribution in [-0.2, 0) is 6.42 Å². The topological polar surface area (TPSA) is 20.2 Å². The van der Waals surface area contributed by atoms with Crippen LogP contribution in [0.2, 0.25) is 10.0 Å². The summed E-state index contributed by atoms with van der Waals surface area (Å²) in [5.74, 6) is -0.433. The monoisotopic (exact) mass is 362 g/mol. The van der Waals surface area contributed by atoms with Gasteiger partial charge < -0.3 is 5.11 Å². The van der Waals surface area contributed by atoms with Crippen LogP contribution in [0.15, 0.2) is 40.9 Å². The smallest absolute Gasteiger partial charge is 0.127 e. The van der Waals surface area contributed by atoms with Gasteiger partial charge in [0.05, 0.1) is 11.1 Å². The second kappa shape index (κ2) is 6.23. The molecule has 2 aromatic rings. The van der Waals surface area contributed by atoms with Gasteiger partial charge in [0.25, 0.3) is 0 Å². The molecule has 19 heavy (non-hydrogen) atoms. The molecule has 0 saturated heterocycles. The Kier molecular flexibility index (Phi) is 4.85. The van der Waals surface area contributed by atoms with Crippen molar-refractivity contribution < 1.29 is 9.50 Å². The van der Waals surface area contributed by atoms with E-state index >= 15 is 0 Å². The number of aliphatic hydroxyl groups is 1. The van der Waals surface area contributed by atoms with Crippen LogP contribution in [0, 0.1) is 5.82 Å². The predicted octanol–water partition coefficient (Wildman–Crippen LogP) is 5.17. The zero-order valence-corrected chi connectivity index (χ0v) is 12.8. The summed E-state index contributed by atoms with van der Waals surface area (Å²) >= 11 is 15.1. The highest BCUT2D eigenvalue weighted by Crippen LogP contribution is 2.32. The second-order valence-corrected chi connectivity index (χ2v) is 5.77. The molecule has 1 unspecified atom stereocenters. The van der Waals surface area contributed by atoms with Gasteiger partial charge in [0.1, 0.15) is 5.82 Å². The molecule has 0 fully saturated rings. The lowest BCUT2D eigenvalue weighted by atomic mass is 10.0. The van der Waals surface area contributed by atoms with Crippen LogP contribution in [0.3, 0.4) is 0 Å². The van der Waals surface area contributed by atoms with Crippen molar-refractivity contribution in [3.63, 3.8) is 0 Å². The van der Waals surface area contributed by atoms with Crippen LogP contribution in [0.25, 0.3) is 0 Å². The lowest BCUT2D eigenvalue weighted by molar-refractivity contribution is 0.177. The van der Waals surface area contributed by atoms with Gasteiger partial charge in [-0.3, -0.25) is 0 Å². The number of halogens is 4. The molecule has 0 heterocycles. The Morgan fingerprint density at radius 1 is 1.21 bits per heavy atom. The maximum Gasteiger partial charge on any atom is 0.127 e. The van der Waals surface area contributed by atoms with Gasteiger partial charge in [-0.1, -0.05) is 41.4 Å². The van der Waals surface area contributed by atoms with Gasteiger partial charge in [-0.05, 0) is 39.7 Å². The number of hydrogen-bond acceptors (Lipinski definition) is 1. The number of aliphatic hydroxyl groups excluding tert-OH is 1. The van der Waals surface area contributed by atoms with Crippen molar-refractivity contribution >= 4 is 39.1 Å². The SMILES string of the molecule is OC(Cc1ccc(Cl)cc1F)c1cccc(Br)c1Cl. The molecule has 0 amide bonds. The Labute approximate surface area is 129 Å². The van der Waals surface area contributed by atoms with Crippen molar-refractivity contribution in [2.45, 2.75) is 12.5 Å². The molecule has 2 aromatic carbocycles. The van der Waals surface area contributed by atoms with E-state index in [1.807, 2.05) is 0 Å². The van der Waals surface area contributed by atoms with Gasteiger partial charge >= 0.3 is 0 Å². The third-order valence-electron chi connectivity index (χ3n) is 2.77. The van der Waals surface area contributed by atoms with E-state index in [1.54, 1.807) is 30.3 Å². The summed E-state index contributed by atoms with van der Waals surface area (Å²) in [6, 6.07) is 9.65. The Morgan fingerprint density at radius 3 is 2.63 bits per heavy atom. The molecule has 0 bridgehead atoms. The Hall–Kier alpha value is -0.610. The predicted molar refractivity (Wildman–Crippen MR) is 79.2 cm³/mol. The number of benzene rings is 2. The summed E-state index contributed by atoms with van der Waals surface area (Å²) in [5, 5.41) is 10.9. The van der Waals surface area contributed by atoms with Gasteiger partial charge in [-0.15, -0.1) is 0 Å². The molecule has 0 aliphatic rings. The van der Waals surface area contributed by atoms with E-state index < -0.39 is 11.9 Å². The van der Waals surface area contributed by atoms with Gasteiger partial charge in [0.15, 0.2) is 0 Å². The lowest BCUT2D eigenvalue weighted by Crippen LogP contribution is -2.04. The van der Waals surface area contributed by atoms with E-state index in [4.69, 9.17) is 23.2 Å². The molecule has 100 valence electrons. The minimum Gasteiger partial charge on any atom is -0.388 e. The van der Waals surface area contributed by atoms with Crippen LogP contribution >= 0.6 is 39.1 Å². The normalized spacial score (nSPS) is 12.5. The standard InChI is InChI=1S/C14H10BrCl2FO/c15-11-3-1-2-10(14(11)17)13(19)6-8-4-5-9(16)7-12(8)18/h1-5,7,13,19H,6H2. The minimum atomic E-state index is -0.874. The number of hydrogen-bond donors (Lipinski definition) is 1. The average Bonchev–Trinajstić information content (AvgIpc) is 2.36. The highest BCUT2D eigenvalue weighted by Gasteiger charge is 2.16. The molecule has 0 aliphatic heterocycles. The summed E-state index contributed by atoms with van der Waals surface area (Å²) in [4.78, 5) is 0. The third-order valence-corrected chi connectivity index (χ3v) is 4.31. The zero-order valence-electron chi connectivity index (χ0n) is 9.71. The first-order chi connectivity index (χ1) is 8.99. The quantitative estimate of drug-likeness (QED) is 0.797. The molecular weight excluding hydrogens is 354 g/mol. The molecule has 0 aliphatic carbocycles. The van der Waals surface area contributed by atoms with E-state index in [9.17, 15) is 9.50 Å². The van der Waals surface area contributed by atoms with Gasteiger partial charge in [-0.2, -0.15) is 0 Å². The maximum absolute atomic E-state index is 13.7. The van der Waals surface area contributed by atoms with Crippen molar-refractivity contribution in [1.29, 1.82) is 0 Å². The van der Waals surface area contributed by atoms with E-state index in [-0.39, 0.29) is 6.42 Å². The molecule has 2 rings (SSSR count). The van der Waals surface area contributed by atoms with Crippen molar-refractivity contribution in [3.8, 4) is 0 Å². The molecule has 1 N–H and O–H groups in total. The van der Waals surface area contributed by atoms with Crippen molar-refractivity contribution in [2.24, 2.45) is 0 Å². The summed E-state index contributed by atoms with van der Waals surface area (Å²) < 4.78 is 14.4. The molecule has 0 spiro atoms. The minimum absolute atomic E-state index is 0.138. The largest absolute Gasteiger partial charge is 0.388 e. The van der Waals surface area contributed by atoms with Crippen molar-refractivity contribution in [2.75, 3.05) is 0 Å².